The lowest BCUT2D eigenvalue weighted by Gasteiger charge is -1.87. The zero-order valence-corrected chi connectivity index (χ0v) is 6.21. The molecule has 54 valence electrons. The lowest BCUT2D eigenvalue weighted by atomic mass is 10.4. The van der Waals surface area contributed by atoms with Gasteiger partial charge in [-0.05, 0) is 12.2 Å². The Morgan fingerprint density at radius 3 is 3.00 bits per heavy atom. The van der Waals surface area contributed by atoms with Crippen molar-refractivity contribution in [1.82, 2.24) is 9.97 Å². The van der Waals surface area contributed by atoms with E-state index in [9.17, 15) is 4.79 Å². The molecule has 1 rings (SSSR count). The molecular weight excluding hydrogens is 162 g/mol. The van der Waals surface area contributed by atoms with Crippen LogP contribution in [0.4, 0.5) is 0 Å². The summed E-state index contributed by atoms with van der Waals surface area (Å²) in [5.41, 5.74) is 0.171. The number of carbonyl (C=O) groups excluding carboxylic acids is 1. The minimum absolute atomic E-state index is 0.171. The molecule has 1 aromatic heterocycles. The number of hydrogen-bond donors (Lipinski definition) is 0. The molecule has 0 fully saturated rings. The molecule has 5 heteroatoms. The summed E-state index contributed by atoms with van der Waals surface area (Å²) in [5.74, 6) is -0.520. The molecule has 0 radical (unpaired) electrons. The maximum atomic E-state index is 10.8. The maximum Gasteiger partial charge on any atom is 0.306 e. The normalized spacial score (nSPS) is 8.36. The Labute approximate surface area is 68.0 Å². The third kappa shape index (κ3) is 2.00. The van der Waals surface area contributed by atoms with Crippen LogP contribution in [-0.2, 0) is 0 Å². The molecule has 0 unspecified atom stereocenters. The Bertz CT molecular complexity index is 305. The van der Waals surface area contributed by atoms with Gasteiger partial charge in [-0.1, -0.05) is 0 Å². The predicted molar refractivity (Wildman–Crippen MR) is 41.4 cm³/mol. The fourth-order valence-electron chi connectivity index (χ4n) is 0.508. The van der Waals surface area contributed by atoms with Crippen molar-refractivity contribution in [2.24, 2.45) is 4.99 Å². The van der Waals surface area contributed by atoms with Gasteiger partial charge in [0.1, 0.15) is 5.69 Å². The molecule has 0 spiro atoms. The van der Waals surface area contributed by atoms with Crippen molar-refractivity contribution in [1.29, 1.82) is 0 Å². The van der Waals surface area contributed by atoms with Gasteiger partial charge in [-0.15, -0.1) is 0 Å². The highest BCUT2D eigenvalue weighted by molar-refractivity contribution is 7.78. The fourth-order valence-corrected chi connectivity index (χ4v) is 0.591. The molecule has 0 aliphatic heterocycles. The minimum Gasteiger partial charge on any atom is -0.264 e. The lowest BCUT2D eigenvalue weighted by molar-refractivity contribution is 0.0998. The quantitative estimate of drug-likeness (QED) is 0.454. The van der Waals surface area contributed by atoms with Gasteiger partial charge >= 0.3 is 5.91 Å². The zero-order valence-electron chi connectivity index (χ0n) is 5.39. The molecule has 0 aliphatic rings. The first-order valence-corrected chi connectivity index (χ1v) is 3.13. The molecule has 0 saturated carbocycles. The van der Waals surface area contributed by atoms with Gasteiger partial charge in [0.2, 0.25) is 0 Å². The van der Waals surface area contributed by atoms with E-state index in [1.54, 1.807) is 0 Å². The van der Waals surface area contributed by atoms with Crippen molar-refractivity contribution in [3.05, 3.63) is 24.3 Å². The minimum atomic E-state index is -0.520. The molecule has 0 bridgehead atoms. The topological polar surface area (TPSA) is 55.2 Å². The average Bonchev–Trinajstić information content (AvgIpc) is 2.07. The Morgan fingerprint density at radius 1 is 1.64 bits per heavy atom. The van der Waals surface area contributed by atoms with E-state index in [0.29, 0.717) is 0 Å². The number of rotatable bonds is 1. The van der Waals surface area contributed by atoms with Crippen molar-refractivity contribution in [3.63, 3.8) is 0 Å². The number of aliphatic imine (C=N–C) groups is 1. The molecule has 0 N–H and O–H groups in total. The van der Waals surface area contributed by atoms with E-state index >= 15 is 0 Å². The summed E-state index contributed by atoms with van der Waals surface area (Å²) in [6.07, 6.45) is 4.20. The Hall–Kier alpha value is -1.45. The van der Waals surface area contributed by atoms with Gasteiger partial charge in [-0.25, -0.2) is 4.98 Å². The van der Waals surface area contributed by atoms with E-state index in [0.717, 1.165) is 0 Å². The number of thiocarbonyl (C=S) groups is 1. The Balaban J connectivity index is 2.94. The first-order chi connectivity index (χ1) is 5.34. The smallest absolute Gasteiger partial charge is 0.264 e. The van der Waals surface area contributed by atoms with Crippen LogP contribution in [0.15, 0.2) is 23.6 Å². The van der Waals surface area contributed by atoms with Gasteiger partial charge in [0.05, 0.1) is 11.4 Å². The molecule has 0 aliphatic carbocycles. The van der Waals surface area contributed by atoms with Crippen LogP contribution in [0, 0.1) is 0 Å². The van der Waals surface area contributed by atoms with Crippen LogP contribution in [0.3, 0.4) is 0 Å². The Morgan fingerprint density at radius 2 is 2.45 bits per heavy atom. The first-order valence-electron chi connectivity index (χ1n) is 2.73. The van der Waals surface area contributed by atoms with Crippen LogP contribution in [0.1, 0.15) is 10.5 Å². The third-order valence-electron chi connectivity index (χ3n) is 0.929. The summed E-state index contributed by atoms with van der Waals surface area (Å²) in [6, 6.07) is 0. The number of isothiocyanates is 1. The van der Waals surface area contributed by atoms with E-state index in [-0.39, 0.29) is 5.69 Å². The molecule has 4 nitrogen and oxygen atoms in total. The SMILES string of the molecule is O=C(N=C=S)c1cnccn1. The molecule has 1 amide bonds. The van der Waals surface area contributed by atoms with E-state index in [1.165, 1.54) is 18.6 Å². The summed E-state index contributed by atoms with van der Waals surface area (Å²) >= 11 is 4.24. The number of nitrogens with zero attached hydrogens (tertiary/aromatic N) is 3. The van der Waals surface area contributed by atoms with Crippen molar-refractivity contribution < 1.29 is 4.79 Å². The van der Waals surface area contributed by atoms with Gasteiger partial charge in [0.25, 0.3) is 0 Å². The van der Waals surface area contributed by atoms with E-state index < -0.39 is 5.91 Å². The zero-order chi connectivity index (χ0) is 8.10. The fraction of sp³-hybridized carbons (Fsp3) is 0. The van der Waals surface area contributed by atoms with E-state index in [1.807, 2.05) is 5.16 Å². The second kappa shape index (κ2) is 3.65. The van der Waals surface area contributed by atoms with Crippen molar-refractivity contribution in [2.75, 3.05) is 0 Å². The number of amides is 1. The highest BCUT2D eigenvalue weighted by Gasteiger charge is 2.02. The summed E-state index contributed by atoms with van der Waals surface area (Å²) in [5, 5.41) is 1.96. The van der Waals surface area contributed by atoms with Crippen LogP contribution in [0.5, 0.6) is 0 Å². The van der Waals surface area contributed by atoms with Crippen molar-refractivity contribution in [3.8, 4) is 0 Å². The van der Waals surface area contributed by atoms with Gasteiger partial charge in [-0.2, -0.15) is 4.99 Å². The molecule has 0 aromatic carbocycles. The number of carbonyl (C=O) groups is 1. The predicted octanol–water partition coefficient (Wildman–Crippen LogP) is 0.720. The van der Waals surface area contributed by atoms with Crippen molar-refractivity contribution in [2.45, 2.75) is 0 Å². The van der Waals surface area contributed by atoms with E-state index in [2.05, 4.69) is 27.2 Å². The molecule has 1 heterocycles. The summed E-state index contributed by atoms with van der Waals surface area (Å²) in [4.78, 5) is 21.5. The van der Waals surface area contributed by atoms with Crippen LogP contribution < -0.4 is 0 Å². The largest absolute Gasteiger partial charge is 0.306 e. The highest BCUT2D eigenvalue weighted by atomic mass is 32.1. The average molecular weight is 165 g/mol. The second-order valence-corrected chi connectivity index (χ2v) is 1.78. The van der Waals surface area contributed by atoms with Crippen molar-refractivity contribution >= 4 is 23.3 Å². The molecule has 0 saturated heterocycles. The number of hydrogen-bond acceptors (Lipinski definition) is 4. The summed E-state index contributed by atoms with van der Waals surface area (Å²) < 4.78 is 0. The monoisotopic (exact) mass is 165 g/mol. The first kappa shape index (κ1) is 7.65. The molecule has 1 aromatic rings. The highest BCUT2D eigenvalue weighted by Crippen LogP contribution is 1.91. The third-order valence-corrected chi connectivity index (χ3v) is 1.02. The molecule has 0 atom stereocenters. The summed E-state index contributed by atoms with van der Waals surface area (Å²) in [6.45, 7) is 0. The summed E-state index contributed by atoms with van der Waals surface area (Å²) in [7, 11) is 0. The van der Waals surface area contributed by atoms with Gasteiger partial charge in [0.15, 0.2) is 0 Å². The standard InChI is InChI=1S/C6H3N3OS/c10-6(9-4-11)5-3-7-1-2-8-5/h1-3H. The second-order valence-electron chi connectivity index (χ2n) is 1.60. The molecule has 11 heavy (non-hydrogen) atoms. The number of aromatic nitrogens is 2. The van der Waals surface area contributed by atoms with Gasteiger partial charge < -0.3 is 0 Å². The van der Waals surface area contributed by atoms with E-state index in [4.69, 9.17) is 0 Å². The van der Waals surface area contributed by atoms with Crippen LogP contribution in [0.2, 0.25) is 0 Å². The lowest BCUT2D eigenvalue weighted by Crippen LogP contribution is -1.97. The van der Waals surface area contributed by atoms with Gasteiger partial charge in [0, 0.05) is 12.4 Å². The van der Waals surface area contributed by atoms with Crippen LogP contribution in [0.25, 0.3) is 0 Å². The van der Waals surface area contributed by atoms with Crippen LogP contribution in [-0.4, -0.2) is 21.0 Å². The Kier molecular flexibility index (Phi) is 2.54. The molecular formula is C6H3N3OS. The van der Waals surface area contributed by atoms with Gasteiger partial charge in [-0.3, -0.25) is 9.78 Å². The van der Waals surface area contributed by atoms with Crippen LogP contribution >= 0.6 is 12.2 Å². The maximum absolute atomic E-state index is 10.8.